The number of rotatable bonds is 20. The first-order valence-corrected chi connectivity index (χ1v) is 13.1. The van der Waals surface area contributed by atoms with Gasteiger partial charge >= 0.3 is 5.97 Å². The summed E-state index contributed by atoms with van der Waals surface area (Å²) in [6, 6.07) is 0. The first-order chi connectivity index (χ1) is 16.0. The number of unbranched alkanes of at least 4 members (excludes halogenated alkanes) is 12. The van der Waals surface area contributed by atoms with E-state index >= 15 is 0 Å². The number of benzene rings is 1. The SMILES string of the molecule is CCCCCCCCCOc1c(O)c(O)c(C(=O)O)c(CC)c1OCCCCCCCCC. The molecule has 0 radical (unpaired) electrons. The molecule has 33 heavy (non-hydrogen) atoms. The summed E-state index contributed by atoms with van der Waals surface area (Å²) in [5.74, 6) is -2.19. The van der Waals surface area contributed by atoms with Crippen molar-refractivity contribution in [1.82, 2.24) is 0 Å². The van der Waals surface area contributed by atoms with Gasteiger partial charge in [-0.2, -0.15) is 0 Å². The molecule has 1 aromatic rings. The second kappa shape index (κ2) is 17.4. The third kappa shape index (κ3) is 10.1. The van der Waals surface area contributed by atoms with Crippen LogP contribution in [0.1, 0.15) is 127 Å². The highest BCUT2D eigenvalue weighted by atomic mass is 16.5. The number of phenols is 2. The number of carboxylic acids is 1. The van der Waals surface area contributed by atoms with E-state index in [-0.39, 0.29) is 17.1 Å². The molecular weight excluding hydrogens is 420 g/mol. The lowest BCUT2D eigenvalue weighted by Gasteiger charge is -2.20. The van der Waals surface area contributed by atoms with Crippen molar-refractivity contribution in [2.75, 3.05) is 13.2 Å². The maximum Gasteiger partial charge on any atom is 0.340 e. The van der Waals surface area contributed by atoms with Gasteiger partial charge in [-0.25, -0.2) is 4.79 Å². The highest BCUT2D eigenvalue weighted by Gasteiger charge is 2.29. The van der Waals surface area contributed by atoms with Gasteiger partial charge in [-0.15, -0.1) is 0 Å². The summed E-state index contributed by atoms with van der Waals surface area (Å²) >= 11 is 0. The fourth-order valence-corrected chi connectivity index (χ4v) is 4.05. The quantitative estimate of drug-likeness (QED) is 0.135. The molecule has 0 heterocycles. The van der Waals surface area contributed by atoms with Crippen molar-refractivity contribution in [3.05, 3.63) is 11.1 Å². The molecule has 0 fully saturated rings. The Morgan fingerprint density at radius 1 is 0.636 bits per heavy atom. The number of hydrogen-bond donors (Lipinski definition) is 3. The van der Waals surface area contributed by atoms with Crippen molar-refractivity contribution in [1.29, 1.82) is 0 Å². The Kier molecular flexibility index (Phi) is 15.2. The average molecular weight is 467 g/mol. The van der Waals surface area contributed by atoms with Gasteiger partial charge in [-0.3, -0.25) is 0 Å². The monoisotopic (exact) mass is 466 g/mol. The second-order valence-electron chi connectivity index (χ2n) is 8.81. The summed E-state index contributed by atoms with van der Waals surface area (Å²) in [5, 5.41) is 30.5. The standard InChI is InChI=1S/C27H46O6/c1-4-7-9-11-13-15-17-19-32-25-21(6-3)22(27(30)31)23(28)24(29)26(25)33-20-18-16-14-12-10-8-5-2/h28-29H,4-20H2,1-3H3,(H,30,31). The molecule has 0 amide bonds. The van der Waals surface area contributed by atoms with Crippen molar-refractivity contribution in [3.63, 3.8) is 0 Å². The number of carboxylic acid groups (broad SMARTS) is 1. The van der Waals surface area contributed by atoms with Crippen LogP contribution < -0.4 is 9.47 Å². The van der Waals surface area contributed by atoms with Crippen molar-refractivity contribution >= 4 is 5.97 Å². The molecule has 6 nitrogen and oxygen atoms in total. The Bertz CT molecular complexity index is 686. The molecule has 0 bridgehead atoms. The Balaban J connectivity index is 2.80. The third-order valence-electron chi connectivity index (χ3n) is 6.01. The highest BCUT2D eigenvalue weighted by molar-refractivity contribution is 5.95. The summed E-state index contributed by atoms with van der Waals surface area (Å²) in [6.07, 6.45) is 16.3. The Morgan fingerprint density at radius 2 is 1.06 bits per heavy atom. The van der Waals surface area contributed by atoms with E-state index in [4.69, 9.17) is 9.47 Å². The Morgan fingerprint density at radius 3 is 1.48 bits per heavy atom. The first kappa shape index (κ1) is 28.9. The van der Waals surface area contributed by atoms with Crippen molar-refractivity contribution < 1.29 is 29.6 Å². The number of carbonyl (C=O) groups is 1. The van der Waals surface area contributed by atoms with Crippen LogP contribution in [-0.2, 0) is 6.42 Å². The van der Waals surface area contributed by atoms with Crippen LogP contribution in [-0.4, -0.2) is 34.5 Å². The molecule has 0 atom stereocenters. The predicted molar refractivity (Wildman–Crippen MR) is 133 cm³/mol. The first-order valence-electron chi connectivity index (χ1n) is 13.1. The van der Waals surface area contributed by atoms with E-state index in [0.717, 1.165) is 38.5 Å². The van der Waals surface area contributed by atoms with E-state index < -0.39 is 17.5 Å². The summed E-state index contributed by atoms with van der Waals surface area (Å²) in [7, 11) is 0. The summed E-state index contributed by atoms with van der Waals surface area (Å²) in [5.41, 5.74) is 0.0446. The molecular formula is C27H46O6. The average Bonchev–Trinajstić information content (AvgIpc) is 2.80. The zero-order valence-corrected chi connectivity index (χ0v) is 21.1. The van der Waals surface area contributed by atoms with Crippen LogP contribution in [0.3, 0.4) is 0 Å². The van der Waals surface area contributed by atoms with Crippen LogP contribution in [0, 0.1) is 0 Å². The Labute approximate surface area is 200 Å². The number of aromatic carboxylic acids is 1. The summed E-state index contributed by atoms with van der Waals surface area (Å²) in [4.78, 5) is 11.8. The van der Waals surface area contributed by atoms with Gasteiger partial charge in [0.05, 0.1) is 13.2 Å². The third-order valence-corrected chi connectivity index (χ3v) is 6.01. The van der Waals surface area contributed by atoms with Crippen LogP contribution in [0.4, 0.5) is 0 Å². The topological polar surface area (TPSA) is 96.2 Å². The maximum atomic E-state index is 11.8. The molecule has 0 aliphatic heterocycles. The molecule has 0 saturated heterocycles. The molecule has 0 aromatic heterocycles. The van der Waals surface area contributed by atoms with E-state index in [9.17, 15) is 20.1 Å². The number of hydrogen-bond acceptors (Lipinski definition) is 5. The van der Waals surface area contributed by atoms with Crippen molar-refractivity contribution in [2.45, 2.75) is 117 Å². The van der Waals surface area contributed by atoms with Crippen LogP contribution in [0.2, 0.25) is 0 Å². The van der Waals surface area contributed by atoms with E-state index in [1.54, 1.807) is 6.92 Å². The molecule has 0 aliphatic rings. The largest absolute Gasteiger partial charge is 0.504 e. The molecule has 190 valence electrons. The number of phenolic OH excluding ortho intramolecular Hbond substituents is 1. The van der Waals surface area contributed by atoms with Crippen LogP contribution >= 0.6 is 0 Å². The minimum atomic E-state index is -1.29. The Hall–Kier alpha value is -2.11. The number of ether oxygens (including phenoxy) is 2. The minimum Gasteiger partial charge on any atom is -0.504 e. The normalized spacial score (nSPS) is 11.0. The van der Waals surface area contributed by atoms with Crippen LogP contribution in [0.25, 0.3) is 0 Å². The van der Waals surface area contributed by atoms with Crippen LogP contribution in [0.15, 0.2) is 0 Å². The fourth-order valence-electron chi connectivity index (χ4n) is 4.05. The van der Waals surface area contributed by atoms with Gasteiger partial charge < -0.3 is 24.8 Å². The van der Waals surface area contributed by atoms with Gasteiger partial charge in [0, 0.05) is 5.56 Å². The molecule has 0 spiro atoms. The molecule has 6 heteroatoms. The van der Waals surface area contributed by atoms with Gasteiger partial charge in [0.2, 0.25) is 11.5 Å². The van der Waals surface area contributed by atoms with Gasteiger partial charge in [0.15, 0.2) is 11.5 Å². The van der Waals surface area contributed by atoms with Gasteiger partial charge in [0.1, 0.15) is 5.56 Å². The van der Waals surface area contributed by atoms with Gasteiger partial charge in [0.25, 0.3) is 0 Å². The van der Waals surface area contributed by atoms with Gasteiger partial charge in [-0.05, 0) is 19.3 Å². The molecule has 0 unspecified atom stereocenters. The second-order valence-corrected chi connectivity index (χ2v) is 8.81. The lowest BCUT2D eigenvalue weighted by atomic mass is 10.0. The lowest BCUT2D eigenvalue weighted by Crippen LogP contribution is -2.10. The van der Waals surface area contributed by atoms with E-state index in [0.29, 0.717) is 25.2 Å². The molecule has 0 aliphatic carbocycles. The maximum absolute atomic E-state index is 11.8. The van der Waals surface area contributed by atoms with Crippen molar-refractivity contribution in [2.24, 2.45) is 0 Å². The molecule has 1 aromatic carbocycles. The fraction of sp³-hybridized carbons (Fsp3) is 0.741. The predicted octanol–water partition coefficient (Wildman–Crippen LogP) is 7.62. The van der Waals surface area contributed by atoms with Gasteiger partial charge in [-0.1, -0.05) is 97.8 Å². The zero-order valence-electron chi connectivity index (χ0n) is 21.1. The lowest BCUT2D eigenvalue weighted by molar-refractivity contribution is 0.0690. The molecule has 0 saturated carbocycles. The number of aromatic hydroxyl groups is 2. The summed E-state index contributed by atoms with van der Waals surface area (Å²) < 4.78 is 11.8. The molecule has 3 N–H and O–H groups in total. The zero-order chi connectivity index (χ0) is 24.5. The minimum absolute atomic E-state index is 0.0586. The smallest absolute Gasteiger partial charge is 0.340 e. The summed E-state index contributed by atoms with van der Waals surface area (Å²) in [6.45, 7) is 7.00. The van der Waals surface area contributed by atoms with E-state index in [1.165, 1.54) is 51.4 Å². The van der Waals surface area contributed by atoms with Crippen LogP contribution in [0.5, 0.6) is 23.0 Å². The highest BCUT2D eigenvalue weighted by Crippen LogP contribution is 2.49. The van der Waals surface area contributed by atoms with E-state index in [2.05, 4.69) is 13.8 Å². The van der Waals surface area contributed by atoms with Crippen molar-refractivity contribution in [3.8, 4) is 23.0 Å². The van der Waals surface area contributed by atoms with E-state index in [1.807, 2.05) is 0 Å². The molecule has 1 rings (SSSR count).